The van der Waals surface area contributed by atoms with Crippen molar-refractivity contribution in [2.24, 2.45) is 5.73 Å². The molecule has 2 atom stereocenters. The van der Waals surface area contributed by atoms with Crippen LogP contribution in [0.2, 0.25) is 5.02 Å². The van der Waals surface area contributed by atoms with Crippen LogP contribution in [0.3, 0.4) is 0 Å². The number of rotatable bonds is 4. The number of hydrogen-bond donors (Lipinski definition) is 2. The van der Waals surface area contributed by atoms with Crippen molar-refractivity contribution >= 4 is 23.2 Å². The second kappa shape index (κ2) is 5.56. The van der Waals surface area contributed by atoms with Crippen molar-refractivity contribution in [3.05, 3.63) is 34.9 Å². The number of halogens is 2. The Morgan fingerprint density at radius 1 is 1.36 bits per heavy atom. The summed E-state index contributed by atoms with van der Waals surface area (Å²) in [5, 5.41) is 10.1. The molecule has 4 heteroatoms. The first kappa shape index (κ1) is 11.8. The molecule has 0 aliphatic rings. The molecule has 78 valence electrons. The van der Waals surface area contributed by atoms with Crippen LogP contribution in [-0.2, 0) is 6.42 Å². The molecule has 1 rings (SSSR count). The van der Waals surface area contributed by atoms with Gasteiger partial charge >= 0.3 is 0 Å². The number of hydrogen-bond acceptors (Lipinski definition) is 2. The highest BCUT2D eigenvalue weighted by molar-refractivity contribution is 6.31. The van der Waals surface area contributed by atoms with Crippen molar-refractivity contribution in [3.63, 3.8) is 0 Å². The van der Waals surface area contributed by atoms with Crippen LogP contribution < -0.4 is 5.73 Å². The number of aryl methyl sites for hydroxylation is 1. The van der Waals surface area contributed by atoms with Gasteiger partial charge in [-0.05, 0) is 24.5 Å². The van der Waals surface area contributed by atoms with Crippen molar-refractivity contribution in [1.82, 2.24) is 0 Å². The van der Waals surface area contributed by atoms with Crippen molar-refractivity contribution < 1.29 is 5.11 Å². The van der Waals surface area contributed by atoms with Gasteiger partial charge < -0.3 is 10.8 Å². The van der Waals surface area contributed by atoms with E-state index in [2.05, 4.69) is 0 Å². The summed E-state index contributed by atoms with van der Waals surface area (Å²) in [5.74, 6) is 0. The van der Waals surface area contributed by atoms with Gasteiger partial charge in [-0.2, -0.15) is 0 Å². The summed E-state index contributed by atoms with van der Waals surface area (Å²) < 4.78 is 0. The fourth-order valence-corrected chi connectivity index (χ4v) is 1.52. The van der Waals surface area contributed by atoms with Crippen LogP contribution >= 0.6 is 23.2 Å². The quantitative estimate of drug-likeness (QED) is 0.619. The lowest BCUT2D eigenvalue weighted by atomic mass is 10.1. The Bertz CT molecular complexity index is 291. The fraction of sp³-hybridized carbons (Fsp3) is 0.400. The Kier molecular flexibility index (Phi) is 4.69. The molecule has 1 aromatic rings. The Balaban J connectivity index is 2.50. The van der Waals surface area contributed by atoms with Gasteiger partial charge in [0.05, 0.1) is 6.10 Å². The first-order valence-corrected chi connectivity index (χ1v) is 5.24. The molecule has 0 radical (unpaired) electrons. The third kappa shape index (κ3) is 3.46. The zero-order chi connectivity index (χ0) is 10.6. The van der Waals surface area contributed by atoms with Gasteiger partial charge in [-0.15, -0.1) is 11.6 Å². The summed E-state index contributed by atoms with van der Waals surface area (Å²) in [6, 6.07) is 7.53. The lowest BCUT2D eigenvalue weighted by molar-refractivity contribution is 0.161. The minimum atomic E-state index is -0.711. The van der Waals surface area contributed by atoms with Gasteiger partial charge in [0, 0.05) is 5.02 Å². The molecule has 1 aromatic carbocycles. The number of aliphatic hydroxyl groups is 1. The van der Waals surface area contributed by atoms with E-state index in [1.165, 1.54) is 0 Å². The SMILES string of the molecule is NC(Cl)C(O)CCc1ccccc1Cl. The lowest BCUT2D eigenvalue weighted by Gasteiger charge is -2.12. The predicted molar refractivity (Wildman–Crippen MR) is 59.6 cm³/mol. The molecule has 2 nitrogen and oxygen atoms in total. The molecule has 0 amide bonds. The molecule has 0 fully saturated rings. The van der Waals surface area contributed by atoms with E-state index >= 15 is 0 Å². The van der Waals surface area contributed by atoms with Crippen molar-refractivity contribution in [3.8, 4) is 0 Å². The van der Waals surface area contributed by atoms with Crippen LogP contribution in [0, 0.1) is 0 Å². The molecule has 0 saturated heterocycles. The Morgan fingerprint density at radius 2 is 2.00 bits per heavy atom. The van der Waals surface area contributed by atoms with Gasteiger partial charge in [0.25, 0.3) is 0 Å². The van der Waals surface area contributed by atoms with Crippen molar-refractivity contribution in [1.29, 1.82) is 0 Å². The molecule has 3 N–H and O–H groups in total. The lowest BCUT2D eigenvalue weighted by Crippen LogP contribution is -2.29. The van der Waals surface area contributed by atoms with E-state index in [-0.39, 0.29) is 0 Å². The topological polar surface area (TPSA) is 46.2 Å². The smallest absolute Gasteiger partial charge is 0.106 e. The van der Waals surface area contributed by atoms with Crippen LogP contribution in [0.1, 0.15) is 12.0 Å². The molecule has 14 heavy (non-hydrogen) atoms. The number of aliphatic hydroxyl groups excluding tert-OH is 1. The van der Waals surface area contributed by atoms with Crippen LogP contribution in [-0.4, -0.2) is 16.7 Å². The second-order valence-corrected chi connectivity index (χ2v) is 4.05. The van der Waals surface area contributed by atoms with Crippen molar-refractivity contribution in [2.45, 2.75) is 24.4 Å². The fourth-order valence-electron chi connectivity index (χ4n) is 1.16. The molecular weight excluding hydrogens is 221 g/mol. The summed E-state index contributed by atoms with van der Waals surface area (Å²) in [4.78, 5) is 0. The van der Waals surface area contributed by atoms with E-state index < -0.39 is 11.6 Å². The highest BCUT2D eigenvalue weighted by Gasteiger charge is 2.11. The number of alkyl halides is 1. The van der Waals surface area contributed by atoms with Gasteiger partial charge in [0.2, 0.25) is 0 Å². The minimum absolute atomic E-state index is 0.522. The van der Waals surface area contributed by atoms with Gasteiger partial charge in [0.1, 0.15) is 5.50 Å². The van der Waals surface area contributed by atoms with E-state index in [1.54, 1.807) is 0 Å². The maximum Gasteiger partial charge on any atom is 0.106 e. The first-order chi connectivity index (χ1) is 6.61. The van der Waals surface area contributed by atoms with Gasteiger partial charge in [0.15, 0.2) is 0 Å². The Labute approximate surface area is 93.6 Å². The Morgan fingerprint density at radius 3 is 2.57 bits per heavy atom. The maximum absolute atomic E-state index is 9.38. The third-order valence-corrected chi connectivity index (χ3v) is 2.69. The molecule has 0 aliphatic carbocycles. The first-order valence-electron chi connectivity index (χ1n) is 4.42. The molecule has 0 bridgehead atoms. The highest BCUT2D eigenvalue weighted by Crippen LogP contribution is 2.17. The van der Waals surface area contributed by atoms with Gasteiger partial charge in [-0.3, -0.25) is 0 Å². The number of benzene rings is 1. The molecule has 2 unspecified atom stereocenters. The van der Waals surface area contributed by atoms with Crippen LogP contribution in [0.4, 0.5) is 0 Å². The van der Waals surface area contributed by atoms with Gasteiger partial charge in [-0.1, -0.05) is 29.8 Å². The van der Waals surface area contributed by atoms with Crippen LogP contribution in [0.15, 0.2) is 24.3 Å². The van der Waals surface area contributed by atoms with E-state index in [4.69, 9.17) is 28.9 Å². The summed E-state index contributed by atoms with van der Waals surface area (Å²) >= 11 is 11.5. The standard InChI is InChI=1S/C10H13Cl2NO/c11-8-4-2-1-3-7(8)5-6-9(14)10(12)13/h1-4,9-10,14H,5-6,13H2. The summed E-state index contributed by atoms with van der Waals surface area (Å²) in [7, 11) is 0. The third-order valence-electron chi connectivity index (χ3n) is 2.03. The van der Waals surface area contributed by atoms with Crippen molar-refractivity contribution in [2.75, 3.05) is 0 Å². The van der Waals surface area contributed by atoms with E-state index in [0.29, 0.717) is 17.9 Å². The molecule has 0 saturated carbocycles. The van der Waals surface area contributed by atoms with Crippen LogP contribution in [0.25, 0.3) is 0 Å². The predicted octanol–water partition coefficient (Wildman–Crippen LogP) is 2.16. The highest BCUT2D eigenvalue weighted by atomic mass is 35.5. The molecule has 0 heterocycles. The summed E-state index contributed by atoms with van der Waals surface area (Å²) in [6.07, 6.45) is 0.517. The molecule has 0 aromatic heterocycles. The molecule has 0 spiro atoms. The monoisotopic (exact) mass is 233 g/mol. The van der Waals surface area contributed by atoms with E-state index in [1.807, 2.05) is 24.3 Å². The normalized spacial score (nSPS) is 15.1. The van der Waals surface area contributed by atoms with Gasteiger partial charge in [-0.25, -0.2) is 0 Å². The average Bonchev–Trinajstić information content (AvgIpc) is 2.16. The zero-order valence-corrected chi connectivity index (χ0v) is 9.17. The zero-order valence-electron chi connectivity index (χ0n) is 7.66. The summed E-state index contributed by atoms with van der Waals surface area (Å²) in [5.41, 5.74) is 5.62. The van der Waals surface area contributed by atoms with E-state index in [9.17, 15) is 5.11 Å². The maximum atomic E-state index is 9.38. The van der Waals surface area contributed by atoms with E-state index in [0.717, 1.165) is 5.56 Å². The Hall–Kier alpha value is -0.280. The van der Waals surface area contributed by atoms with Crippen LogP contribution in [0.5, 0.6) is 0 Å². The largest absolute Gasteiger partial charge is 0.390 e. The average molecular weight is 234 g/mol. The number of nitrogens with two attached hydrogens (primary N) is 1. The molecule has 0 aliphatic heterocycles. The second-order valence-electron chi connectivity index (χ2n) is 3.14. The molecular formula is C10H13Cl2NO. The minimum Gasteiger partial charge on any atom is -0.390 e. The summed E-state index contributed by atoms with van der Waals surface area (Å²) in [6.45, 7) is 0.